The molecule has 0 unspecified atom stereocenters. The number of aryl methyl sites for hydroxylation is 1. The van der Waals surface area contributed by atoms with Crippen LogP contribution in [-0.2, 0) is 17.7 Å². The standard InChI is InChI=1S/C21H22N4O2/c1-14(2)27-20(26)18-11-10-17-19-15(7-6-12-25(17)18)13-22-21(24-19)23-16-8-4-3-5-9-16/h3-5,8-11,13-14H,6-7,12H2,1-2H3,(H,22,23,24). The molecule has 6 nitrogen and oxygen atoms in total. The highest BCUT2D eigenvalue weighted by molar-refractivity contribution is 5.89. The third kappa shape index (κ3) is 3.56. The summed E-state index contributed by atoms with van der Waals surface area (Å²) in [6.45, 7) is 4.46. The molecule has 0 saturated carbocycles. The van der Waals surface area contributed by atoms with Crippen molar-refractivity contribution in [3.8, 4) is 11.4 Å². The first kappa shape index (κ1) is 17.3. The Morgan fingerprint density at radius 2 is 2.00 bits per heavy atom. The number of carbonyl (C=O) groups excluding carboxylic acids is 1. The first-order valence-corrected chi connectivity index (χ1v) is 9.20. The number of fused-ring (bicyclic) bond motifs is 3. The Hall–Kier alpha value is -3.15. The minimum atomic E-state index is -0.295. The van der Waals surface area contributed by atoms with Crippen molar-refractivity contribution >= 4 is 17.6 Å². The van der Waals surface area contributed by atoms with Gasteiger partial charge in [0.25, 0.3) is 0 Å². The second-order valence-corrected chi connectivity index (χ2v) is 6.87. The van der Waals surface area contributed by atoms with E-state index in [-0.39, 0.29) is 12.1 Å². The SMILES string of the molecule is CC(C)OC(=O)c1ccc2n1CCCc1cnc(Nc3ccccc3)nc1-2. The molecule has 4 rings (SSSR count). The van der Waals surface area contributed by atoms with Crippen LogP contribution in [0, 0.1) is 0 Å². The smallest absolute Gasteiger partial charge is 0.355 e. The highest BCUT2D eigenvalue weighted by Gasteiger charge is 2.23. The van der Waals surface area contributed by atoms with E-state index in [1.54, 1.807) is 0 Å². The zero-order valence-electron chi connectivity index (χ0n) is 15.5. The summed E-state index contributed by atoms with van der Waals surface area (Å²) in [5.74, 6) is 0.247. The molecule has 6 heteroatoms. The van der Waals surface area contributed by atoms with Crippen molar-refractivity contribution in [2.75, 3.05) is 5.32 Å². The lowest BCUT2D eigenvalue weighted by atomic mass is 10.1. The second kappa shape index (κ2) is 7.23. The van der Waals surface area contributed by atoms with Crippen LogP contribution >= 0.6 is 0 Å². The number of aromatic nitrogens is 3. The molecule has 1 aromatic carbocycles. The number of hydrogen-bond acceptors (Lipinski definition) is 5. The van der Waals surface area contributed by atoms with Gasteiger partial charge in [0.2, 0.25) is 5.95 Å². The molecule has 0 amide bonds. The van der Waals surface area contributed by atoms with Gasteiger partial charge in [0.15, 0.2) is 0 Å². The Morgan fingerprint density at radius 1 is 1.19 bits per heavy atom. The van der Waals surface area contributed by atoms with Gasteiger partial charge in [0, 0.05) is 18.4 Å². The normalized spacial score (nSPS) is 12.9. The largest absolute Gasteiger partial charge is 0.458 e. The number of rotatable bonds is 4. The van der Waals surface area contributed by atoms with Gasteiger partial charge in [-0.15, -0.1) is 0 Å². The molecule has 1 N–H and O–H groups in total. The molecule has 27 heavy (non-hydrogen) atoms. The molecule has 138 valence electrons. The van der Waals surface area contributed by atoms with Gasteiger partial charge in [-0.1, -0.05) is 18.2 Å². The predicted molar refractivity (Wildman–Crippen MR) is 104 cm³/mol. The maximum absolute atomic E-state index is 12.4. The van der Waals surface area contributed by atoms with Gasteiger partial charge in [0.05, 0.1) is 17.5 Å². The van der Waals surface area contributed by atoms with Gasteiger partial charge < -0.3 is 14.6 Å². The highest BCUT2D eigenvalue weighted by Crippen LogP contribution is 2.30. The van der Waals surface area contributed by atoms with Crippen molar-refractivity contribution in [3.05, 3.63) is 59.9 Å². The van der Waals surface area contributed by atoms with E-state index in [0.29, 0.717) is 11.6 Å². The molecule has 0 aliphatic carbocycles. The fourth-order valence-corrected chi connectivity index (χ4v) is 3.32. The number of benzene rings is 1. The van der Waals surface area contributed by atoms with E-state index < -0.39 is 0 Å². The van der Waals surface area contributed by atoms with Crippen LogP contribution in [0.1, 0.15) is 36.3 Å². The van der Waals surface area contributed by atoms with Crippen LogP contribution in [-0.4, -0.2) is 26.6 Å². The van der Waals surface area contributed by atoms with Crippen LogP contribution < -0.4 is 5.32 Å². The van der Waals surface area contributed by atoms with Crippen molar-refractivity contribution in [1.82, 2.24) is 14.5 Å². The molecule has 0 saturated heterocycles. The summed E-state index contributed by atoms with van der Waals surface area (Å²) in [7, 11) is 0. The molecule has 0 fully saturated rings. The predicted octanol–water partition coefficient (Wildman–Crippen LogP) is 4.20. The minimum absolute atomic E-state index is 0.147. The summed E-state index contributed by atoms with van der Waals surface area (Å²) in [5, 5.41) is 3.24. The van der Waals surface area contributed by atoms with Crippen molar-refractivity contribution in [2.24, 2.45) is 0 Å². The molecular weight excluding hydrogens is 340 g/mol. The molecule has 0 bridgehead atoms. The molecule has 3 heterocycles. The quantitative estimate of drug-likeness (QED) is 0.705. The van der Waals surface area contributed by atoms with Gasteiger partial charge >= 0.3 is 5.97 Å². The van der Waals surface area contributed by atoms with Gasteiger partial charge in [-0.05, 0) is 56.5 Å². The van der Waals surface area contributed by atoms with E-state index in [1.807, 2.05) is 67.1 Å². The van der Waals surface area contributed by atoms with E-state index in [2.05, 4.69) is 10.3 Å². The van der Waals surface area contributed by atoms with Crippen molar-refractivity contribution in [2.45, 2.75) is 39.3 Å². The van der Waals surface area contributed by atoms with E-state index in [4.69, 9.17) is 9.72 Å². The van der Waals surface area contributed by atoms with E-state index in [9.17, 15) is 4.79 Å². The van der Waals surface area contributed by atoms with Crippen LogP contribution in [0.4, 0.5) is 11.6 Å². The summed E-state index contributed by atoms with van der Waals surface area (Å²) >= 11 is 0. The maximum Gasteiger partial charge on any atom is 0.355 e. The average Bonchev–Trinajstić information content (AvgIpc) is 2.99. The fraction of sp³-hybridized carbons (Fsp3) is 0.286. The molecule has 1 aliphatic heterocycles. The average molecular weight is 362 g/mol. The van der Waals surface area contributed by atoms with Crippen molar-refractivity contribution in [1.29, 1.82) is 0 Å². The minimum Gasteiger partial charge on any atom is -0.458 e. The Balaban J connectivity index is 1.71. The Kier molecular flexibility index (Phi) is 4.62. The van der Waals surface area contributed by atoms with E-state index >= 15 is 0 Å². The maximum atomic E-state index is 12.4. The zero-order valence-corrected chi connectivity index (χ0v) is 15.5. The van der Waals surface area contributed by atoms with Crippen molar-refractivity contribution in [3.63, 3.8) is 0 Å². The number of anilines is 2. The molecule has 0 spiro atoms. The summed E-state index contributed by atoms with van der Waals surface area (Å²) in [4.78, 5) is 21.6. The van der Waals surface area contributed by atoms with Gasteiger partial charge in [0.1, 0.15) is 5.69 Å². The number of nitrogens with zero attached hydrogens (tertiary/aromatic N) is 3. The van der Waals surface area contributed by atoms with Crippen LogP contribution in [0.5, 0.6) is 0 Å². The first-order valence-electron chi connectivity index (χ1n) is 9.20. The Labute approximate surface area is 158 Å². The molecule has 0 radical (unpaired) electrons. The summed E-state index contributed by atoms with van der Waals surface area (Å²) in [6, 6.07) is 13.6. The number of nitrogens with one attached hydrogen (secondary N) is 1. The number of para-hydroxylation sites is 1. The number of esters is 1. The number of carbonyl (C=O) groups is 1. The van der Waals surface area contributed by atoms with Crippen LogP contribution in [0.25, 0.3) is 11.4 Å². The highest BCUT2D eigenvalue weighted by atomic mass is 16.5. The number of hydrogen-bond donors (Lipinski definition) is 1. The Morgan fingerprint density at radius 3 is 2.78 bits per heavy atom. The molecular formula is C21H22N4O2. The monoisotopic (exact) mass is 362 g/mol. The lowest BCUT2D eigenvalue weighted by Gasteiger charge is -2.12. The van der Waals surface area contributed by atoms with Gasteiger partial charge in [-0.25, -0.2) is 14.8 Å². The topological polar surface area (TPSA) is 69.0 Å². The lowest BCUT2D eigenvalue weighted by Crippen LogP contribution is -2.16. The first-order chi connectivity index (χ1) is 13.1. The third-order valence-corrected chi connectivity index (χ3v) is 4.50. The zero-order chi connectivity index (χ0) is 18.8. The third-order valence-electron chi connectivity index (χ3n) is 4.50. The van der Waals surface area contributed by atoms with E-state index in [1.165, 1.54) is 0 Å². The second-order valence-electron chi connectivity index (χ2n) is 6.87. The van der Waals surface area contributed by atoms with Gasteiger partial charge in [-0.3, -0.25) is 0 Å². The number of ether oxygens (including phenoxy) is 1. The van der Waals surface area contributed by atoms with Crippen molar-refractivity contribution < 1.29 is 9.53 Å². The summed E-state index contributed by atoms with van der Waals surface area (Å²) in [6.07, 6.45) is 3.53. The summed E-state index contributed by atoms with van der Waals surface area (Å²) < 4.78 is 7.40. The molecule has 1 aliphatic rings. The summed E-state index contributed by atoms with van der Waals surface area (Å²) in [5.41, 5.74) is 4.39. The van der Waals surface area contributed by atoms with Crippen LogP contribution in [0.3, 0.4) is 0 Å². The molecule has 3 aromatic rings. The Bertz CT molecular complexity index is 964. The molecule has 2 aromatic heterocycles. The molecule has 0 atom stereocenters. The lowest BCUT2D eigenvalue weighted by molar-refractivity contribution is 0.0365. The fourth-order valence-electron chi connectivity index (χ4n) is 3.32. The van der Waals surface area contributed by atoms with E-state index in [0.717, 1.165) is 42.0 Å². The van der Waals surface area contributed by atoms with Crippen LogP contribution in [0.15, 0.2) is 48.7 Å². The van der Waals surface area contributed by atoms with Gasteiger partial charge in [-0.2, -0.15) is 0 Å². The van der Waals surface area contributed by atoms with Crippen LogP contribution in [0.2, 0.25) is 0 Å².